The average Bonchev–Trinajstić information content (AvgIpc) is 2.87. The van der Waals surface area contributed by atoms with Crippen LogP contribution in [0.1, 0.15) is 27.7 Å². The third kappa shape index (κ3) is 1.41. The molecule has 0 amide bonds. The molecule has 2 aromatic heterocycles. The summed E-state index contributed by atoms with van der Waals surface area (Å²) in [6.07, 6.45) is 3.14. The van der Waals surface area contributed by atoms with Gasteiger partial charge in [-0.25, -0.2) is 0 Å². The van der Waals surface area contributed by atoms with Crippen molar-refractivity contribution in [3.63, 3.8) is 0 Å². The molecule has 16 heavy (non-hydrogen) atoms. The van der Waals surface area contributed by atoms with Crippen molar-refractivity contribution < 1.29 is 0 Å². The van der Waals surface area contributed by atoms with E-state index in [2.05, 4.69) is 28.8 Å². The zero-order chi connectivity index (χ0) is 11.1. The molecule has 1 N–H and O–H groups in total. The molecular weight excluding hydrogens is 218 g/mol. The quantitative estimate of drug-likeness (QED) is 0.816. The van der Waals surface area contributed by atoms with Crippen molar-refractivity contribution in [1.82, 2.24) is 15.1 Å². The third-order valence-corrected chi connectivity index (χ3v) is 4.37. The minimum atomic E-state index is 0.337. The lowest BCUT2D eigenvalue weighted by Gasteiger charge is -2.24. The molecule has 0 radical (unpaired) electrons. The molecule has 0 spiro atoms. The van der Waals surface area contributed by atoms with Crippen molar-refractivity contribution in [3.8, 4) is 0 Å². The summed E-state index contributed by atoms with van der Waals surface area (Å²) in [5.74, 6) is 0. The van der Waals surface area contributed by atoms with Gasteiger partial charge in [0, 0.05) is 29.7 Å². The standard InChI is InChI=1S/C12H15N3S/c1-8-10(7-14-15(8)2)12-9-4-6-16-11(9)3-5-13-12/h4,6-7,12-13H,3,5H2,1-2H3. The second-order valence-corrected chi connectivity index (χ2v) is 5.25. The molecule has 0 saturated carbocycles. The maximum absolute atomic E-state index is 4.33. The second kappa shape index (κ2) is 3.71. The van der Waals surface area contributed by atoms with Crippen molar-refractivity contribution in [2.24, 2.45) is 7.05 Å². The van der Waals surface area contributed by atoms with E-state index in [1.165, 1.54) is 21.7 Å². The molecule has 1 unspecified atom stereocenters. The number of thiophene rings is 1. The lowest BCUT2D eigenvalue weighted by molar-refractivity contribution is 0.571. The van der Waals surface area contributed by atoms with Crippen LogP contribution in [-0.4, -0.2) is 16.3 Å². The minimum Gasteiger partial charge on any atom is -0.306 e. The van der Waals surface area contributed by atoms with Crippen molar-refractivity contribution in [3.05, 3.63) is 39.3 Å². The molecule has 1 aliphatic heterocycles. The summed E-state index contributed by atoms with van der Waals surface area (Å²) in [5.41, 5.74) is 3.99. The fraction of sp³-hybridized carbons (Fsp3) is 0.417. The highest BCUT2D eigenvalue weighted by Crippen LogP contribution is 2.32. The number of nitrogens with one attached hydrogen (secondary N) is 1. The molecule has 0 fully saturated rings. The zero-order valence-electron chi connectivity index (χ0n) is 9.53. The molecule has 4 heteroatoms. The first-order chi connectivity index (χ1) is 7.77. The number of rotatable bonds is 1. The molecule has 0 bridgehead atoms. The first-order valence-electron chi connectivity index (χ1n) is 5.55. The van der Waals surface area contributed by atoms with Crippen LogP contribution < -0.4 is 5.32 Å². The smallest absolute Gasteiger partial charge is 0.0621 e. The van der Waals surface area contributed by atoms with Crippen LogP contribution in [0.25, 0.3) is 0 Å². The van der Waals surface area contributed by atoms with E-state index in [9.17, 15) is 0 Å². The molecule has 0 saturated heterocycles. The lowest BCUT2D eigenvalue weighted by atomic mass is 9.96. The predicted molar refractivity (Wildman–Crippen MR) is 65.8 cm³/mol. The van der Waals surface area contributed by atoms with Gasteiger partial charge in [0.05, 0.1) is 12.2 Å². The molecule has 3 nitrogen and oxygen atoms in total. The van der Waals surface area contributed by atoms with Crippen LogP contribution in [-0.2, 0) is 13.5 Å². The first-order valence-corrected chi connectivity index (χ1v) is 6.43. The van der Waals surface area contributed by atoms with E-state index in [4.69, 9.17) is 0 Å². The van der Waals surface area contributed by atoms with Crippen molar-refractivity contribution in [2.45, 2.75) is 19.4 Å². The Balaban J connectivity index is 2.07. The van der Waals surface area contributed by atoms with Gasteiger partial charge in [0.25, 0.3) is 0 Å². The number of aromatic nitrogens is 2. The molecule has 0 aromatic carbocycles. The Labute approximate surface area is 99.1 Å². The summed E-state index contributed by atoms with van der Waals surface area (Å²) in [6.45, 7) is 3.19. The third-order valence-electron chi connectivity index (χ3n) is 3.38. The summed E-state index contributed by atoms with van der Waals surface area (Å²) in [5, 5.41) is 10.1. The van der Waals surface area contributed by atoms with Crippen LogP contribution in [0.3, 0.4) is 0 Å². The second-order valence-electron chi connectivity index (χ2n) is 4.25. The van der Waals surface area contributed by atoms with Crippen LogP contribution in [0.15, 0.2) is 17.6 Å². The number of hydrogen-bond acceptors (Lipinski definition) is 3. The Bertz CT molecular complexity index is 512. The molecule has 3 rings (SSSR count). The zero-order valence-corrected chi connectivity index (χ0v) is 10.3. The topological polar surface area (TPSA) is 29.9 Å². The highest BCUT2D eigenvalue weighted by Gasteiger charge is 2.24. The number of aryl methyl sites for hydroxylation is 1. The summed E-state index contributed by atoms with van der Waals surface area (Å²) >= 11 is 1.87. The predicted octanol–water partition coefficient (Wildman–Crippen LogP) is 2.03. The van der Waals surface area contributed by atoms with Crippen molar-refractivity contribution in [2.75, 3.05) is 6.54 Å². The van der Waals surface area contributed by atoms with Crippen LogP contribution in [0.2, 0.25) is 0 Å². The van der Waals surface area contributed by atoms with Gasteiger partial charge in [-0.3, -0.25) is 4.68 Å². The van der Waals surface area contributed by atoms with Crippen LogP contribution in [0.4, 0.5) is 0 Å². The highest BCUT2D eigenvalue weighted by molar-refractivity contribution is 7.10. The summed E-state index contributed by atoms with van der Waals surface area (Å²) in [7, 11) is 2.00. The summed E-state index contributed by atoms with van der Waals surface area (Å²) in [6, 6.07) is 2.58. The van der Waals surface area contributed by atoms with Gasteiger partial charge in [-0.15, -0.1) is 11.3 Å². The van der Waals surface area contributed by atoms with Gasteiger partial charge in [0.2, 0.25) is 0 Å². The van der Waals surface area contributed by atoms with E-state index in [0.29, 0.717) is 6.04 Å². The van der Waals surface area contributed by atoms with Gasteiger partial charge in [0.15, 0.2) is 0 Å². The average molecular weight is 233 g/mol. The maximum Gasteiger partial charge on any atom is 0.0621 e. The number of fused-ring (bicyclic) bond motifs is 1. The van der Waals surface area contributed by atoms with E-state index >= 15 is 0 Å². The van der Waals surface area contributed by atoms with E-state index in [0.717, 1.165) is 13.0 Å². The first kappa shape index (κ1) is 10.1. The van der Waals surface area contributed by atoms with Crippen LogP contribution in [0, 0.1) is 6.92 Å². The number of hydrogen-bond donors (Lipinski definition) is 1. The van der Waals surface area contributed by atoms with Crippen LogP contribution in [0.5, 0.6) is 0 Å². The minimum absolute atomic E-state index is 0.337. The number of nitrogens with zero attached hydrogens (tertiary/aromatic N) is 2. The largest absolute Gasteiger partial charge is 0.306 e. The van der Waals surface area contributed by atoms with E-state index in [1.807, 2.05) is 29.3 Å². The van der Waals surface area contributed by atoms with E-state index in [-0.39, 0.29) is 0 Å². The van der Waals surface area contributed by atoms with Gasteiger partial charge < -0.3 is 5.32 Å². The Hall–Kier alpha value is -1.13. The van der Waals surface area contributed by atoms with Gasteiger partial charge in [0.1, 0.15) is 0 Å². The lowest BCUT2D eigenvalue weighted by Crippen LogP contribution is -2.29. The van der Waals surface area contributed by atoms with Crippen molar-refractivity contribution >= 4 is 11.3 Å². The highest BCUT2D eigenvalue weighted by atomic mass is 32.1. The fourth-order valence-corrected chi connectivity index (χ4v) is 3.25. The van der Waals surface area contributed by atoms with E-state index in [1.54, 1.807) is 0 Å². The van der Waals surface area contributed by atoms with Crippen LogP contribution >= 0.6 is 11.3 Å². The monoisotopic (exact) mass is 233 g/mol. The maximum atomic E-state index is 4.33. The Morgan fingerprint density at radius 2 is 2.38 bits per heavy atom. The fourth-order valence-electron chi connectivity index (χ4n) is 2.33. The van der Waals surface area contributed by atoms with Gasteiger partial charge in [-0.1, -0.05) is 0 Å². The molecule has 1 aliphatic rings. The Morgan fingerprint density at radius 1 is 1.50 bits per heavy atom. The molecule has 3 heterocycles. The van der Waals surface area contributed by atoms with Gasteiger partial charge in [-0.2, -0.15) is 5.10 Å². The van der Waals surface area contributed by atoms with Gasteiger partial charge >= 0.3 is 0 Å². The SMILES string of the molecule is Cc1c(C2NCCc3sccc32)cnn1C. The Morgan fingerprint density at radius 3 is 3.12 bits per heavy atom. The summed E-state index contributed by atoms with van der Waals surface area (Å²) in [4.78, 5) is 1.52. The normalized spacial score (nSPS) is 19.8. The molecule has 1 atom stereocenters. The van der Waals surface area contributed by atoms with E-state index < -0.39 is 0 Å². The molecule has 84 valence electrons. The Kier molecular flexibility index (Phi) is 2.33. The summed E-state index contributed by atoms with van der Waals surface area (Å²) < 4.78 is 1.94. The van der Waals surface area contributed by atoms with Gasteiger partial charge in [-0.05, 0) is 30.4 Å². The molecule has 2 aromatic rings. The van der Waals surface area contributed by atoms with Crippen molar-refractivity contribution in [1.29, 1.82) is 0 Å². The molecular formula is C12H15N3S. The molecule has 0 aliphatic carbocycles.